The van der Waals surface area contributed by atoms with E-state index >= 15 is 0 Å². The third-order valence-electron chi connectivity index (χ3n) is 4.16. The molecule has 29 heavy (non-hydrogen) atoms. The van der Waals surface area contributed by atoms with Gasteiger partial charge in [-0.2, -0.15) is 0 Å². The van der Waals surface area contributed by atoms with E-state index in [9.17, 15) is 4.79 Å². The van der Waals surface area contributed by atoms with Gasteiger partial charge in [0.05, 0.1) is 13.7 Å². The Hall–Kier alpha value is -3.22. The van der Waals surface area contributed by atoms with Crippen molar-refractivity contribution in [1.29, 1.82) is 0 Å². The lowest BCUT2D eigenvalue weighted by Gasteiger charge is -2.22. The fourth-order valence-electron chi connectivity index (χ4n) is 2.54. The molecule has 156 valence electrons. The molecule has 7 nitrogen and oxygen atoms in total. The maximum atomic E-state index is 12.2. The highest BCUT2D eigenvalue weighted by Crippen LogP contribution is 2.11. The van der Waals surface area contributed by atoms with E-state index < -0.39 is 0 Å². The van der Waals surface area contributed by atoms with Crippen molar-refractivity contribution in [3.05, 3.63) is 60.2 Å². The number of aliphatic imine (C=N–C) groups is 1. The average molecular weight is 399 g/mol. The molecule has 1 amide bonds. The fraction of sp³-hybridized carbons (Fsp3) is 0.364. The molecule has 0 saturated heterocycles. The summed E-state index contributed by atoms with van der Waals surface area (Å²) in [4.78, 5) is 18.5. The highest BCUT2D eigenvalue weighted by molar-refractivity contribution is 5.84. The van der Waals surface area contributed by atoms with Gasteiger partial charge in [0, 0.05) is 20.1 Å². The first-order valence-corrected chi connectivity index (χ1v) is 9.69. The van der Waals surface area contributed by atoms with Crippen LogP contribution >= 0.6 is 0 Å². The number of carbonyl (C=O) groups is 1. The Morgan fingerprint density at radius 1 is 1.03 bits per heavy atom. The number of rotatable bonds is 10. The molecule has 0 bridgehead atoms. The molecule has 0 aliphatic heterocycles. The van der Waals surface area contributed by atoms with Crippen LogP contribution in [-0.2, 0) is 11.3 Å². The summed E-state index contributed by atoms with van der Waals surface area (Å²) in [6, 6.07) is 17.3. The molecule has 0 radical (unpaired) electrons. The number of amides is 1. The predicted octanol–water partition coefficient (Wildman–Crippen LogP) is 2.29. The number of methoxy groups -OCH3 is 1. The van der Waals surface area contributed by atoms with Crippen LogP contribution in [-0.4, -0.2) is 57.2 Å². The highest BCUT2D eigenvalue weighted by Gasteiger charge is 2.08. The lowest BCUT2D eigenvalue weighted by Crippen LogP contribution is -2.41. The maximum absolute atomic E-state index is 12.2. The molecule has 0 fully saturated rings. The molecule has 0 aliphatic carbocycles. The molecule has 0 unspecified atom stereocenters. The van der Waals surface area contributed by atoms with Gasteiger partial charge in [-0.25, -0.2) is 4.99 Å². The standard InChI is InChI=1S/C22H30N4O3/c1-4-23-22(26(2)14-15-29-20-8-6-5-7-9-20)25-17-21(27)24-16-18-10-12-19(28-3)13-11-18/h5-13H,4,14-17H2,1-3H3,(H,23,25)(H,24,27). The minimum absolute atomic E-state index is 0.0579. The van der Waals surface area contributed by atoms with Gasteiger partial charge in [0.1, 0.15) is 24.7 Å². The molecule has 0 atom stereocenters. The summed E-state index contributed by atoms with van der Waals surface area (Å²) < 4.78 is 10.9. The van der Waals surface area contributed by atoms with E-state index in [-0.39, 0.29) is 12.5 Å². The molecular formula is C22H30N4O3. The first-order chi connectivity index (χ1) is 14.1. The number of benzene rings is 2. The first-order valence-electron chi connectivity index (χ1n) is 9.69. The van der Waals surface area contributed by atoms with Crippen LogP contribution < -0.4 is 20.1 Å². The number of nitrogens with one attached hydrogen (secondary N) is 2. The minimum atomic E-state index is -0.134. The second-order valence-corrected chi connectivity index (χ2v) is 6.38. The van der Waals surface area contributed by atoms with Crippen molar-refractivity contribution >= 4 is 11.9 Å². The van der Waals surface area contributed by atoms with E-state index in [0.29, 0.717) is 25.7 Å². The van der Waals surface area contributed by atoms with Gasteiger partial charge in [0.25, 0.3) is 0 Å². The summed E-state index contributed by atoms with van der Waals surface area (Å²) in [7, 11) is 3.55. The van der Waals surface area contributed by atoms with Crippen molar-refractivity contribution in [1.82, 2.24) is 15.5 Å². The predicted molar refractivity (Wildman–Crippen MR) is 115 cm³/mol. The molecule has 2 aromatic carbocycles. The number of likely N-dealkylation sites (N-methyl/N-ethyl adjacent to an activating group) is 1. The largest absolute Gasteiger partial charge is 0.497 e. The van der Waals surface area contributed by atoms with Crippen molar-refractivity contribution < 1.29 is 14.3 Å². The molecule has 0 aliphatic rings. The zero-order valence-corrected chi connectivity index (χ0v) is 17.4. The van der Waals surface area contributed by atoms with Crippen molar-refractivity contribution in [2.75, 3.05) is 40.4 Å². The lowest BCUT2D eigenvalue weighted by atomic mass is 10.2. The number of ether oxygens (including phenoxy) is 2. The maximum Gasteiger partial charge on any atom is 0.242 e. The van der Waals surface area contributed by atoms with E-state index in [1.807, 2.05) is 73.5 Å². The number of guanidine groups is 1. The Morgan fingerprint density at radius 3 is 2.41 bits per heavy atom. The number of nitrogens with zero attached hydrogens (tertiary/aromatic N) is 2. The summed E-state index contributed by atoms with van der Waals surface area (Å²) in [5, 5.41) is 6.08. The summed E-state index contributed by atoms with van der Waals surface area (Å²) in [5.41, 5.74) is 1.00. The van der Waals surface area contributed by atoms with Crippen LogP contribution in [0.2, 0.25) is 0 Å². The van der Waals surface area contributed by atoms with Gasteiger partial charge in [-0.05, 0) is 36.8 Å². The molecule has 2 N–H and O–H groups in total. The van der Waals surface area contributed by atoms with Crippen LogP contribution in [0, 0.1) is 0 Å². The molecule has 2 aromatic rings. The molecule has 0 heterocycles. The monoisotopic (exact) mass is 398 g/mol. The van der Waals surface area contributed by atoms with Crippen LogP contribution in [0.25, 0.3) is 0 Å². The van der Waals surface area contributed by atoms with Crippen LogP contribution in [0.3, 0.4) is 0 Å². The summed E-state index contributed by atoms with van der Waals surface area (Å²) in [6.07, 6.45) is 0. The van der Waals surface area contributed by atoms with Gasteiger partial charge in [-0.3, -0.25) is 4.79 Å². The Kier molecular flexibility index (Phi) is 9.35. The number of hydrogen-bond donors (Lipinski definition) is 2. The van der Waals surface area contributed by atoms with E-state index in [4.69, 9.17) is 9.47 Å². The van der Waals surface area contributed by atoms with Crippen molar-refractivity contribution in [2.45, 2.75) is 13.5 Å². The van der Waals surface area contributed by atoms with Gasteiger partial charge >= 0.3 is 0 Å². The number of carbonyl (C=O) groups excluding carboxylic acids is 1. The summed E-state index contributed by atoms with van der Waals surface area (Å²) >= 11 is 0. The third-order valence-corrected chi connectivity index (χ3v) is 4.16. The van der Waals surface area contributed by atoms with Gasteiger partial charge in [-0.1, -0.05) is 30.3 Å². The zero-order valence-electron chi connectivity index (χ0n) is 17.4. The van der Waals surface area contributed by atoms with Crippen LogP contribution in [0.4, 0.5) is 0 Å². The fourth-order valence-corrected chi connectivity index (χ4v) is 2.54. The van der Waals surface area contributed by atoms with Crippen LogP contribution in [0.5, 0.6) is 11.5 Å². The smallest absolute Gasteiger partial charge is 0.242 e. The highest BCUT2D eigenvalue weighted by atomic mass is 16.5. The Bertz CT molecular complexity index is 763. The first kappa shape index (κ1) is 22.1. The topological polar surface area (TPSA) is 75.2 Å². The Labute approximate surface area is 172 Å². The van der Waals surface area contributed by atoms with Gasteiger partial charge in [0.15, 0.2) is 5.96 Å². The summed E-state index contributed by atoms with van der Waals surface area (Å²) in [6.45, 7) is 4.39. The molecule has 0 spiro atoms. The Balaban J connectivity index is 1.78. The molecular weight excluding hydrogens is 368 g/mol. The number of para-hydroxylation sites is 1. The van der Waals surface area contributed by atoms with Gasteiger partial charge < -0.3 is 25.0 Å². The van der Waals surface area contributed by atoms with E-state index in [1.165, 1.54) is 0 Å². The third kappa shape index (κ3) is 8.13. The quantitative estimate of drug-likeness (QED) is 0.474. The minimum Gasteiger partial charge on any atom is -0.497 e. The molecule has 7 heteroatoms. The number of hydrogen-bond acceptors (Lipinski definition) is 4. The van der Waals surface area contributed by atoms with Crippen LogP contribution in [0.15, 0.2) is 59.6 Å². The Morgan fingerprint density at radius 2 is 1.76 bits per heavy atom. The van der Waals surface area contributed by atoms with Crippen molar-refractivity contribution in [3.63, 3.8) is 0 Å². The molecule has 0 aromatic heterocycles. The summed E-state index contributed by atoms with van der Waals surface area (Å²) in [5.74, 6) is 2.16. The lowest BCUT2D eigenvalue weighted by molar-refractivity contribution is -0.119. The molecule has 0 saturated carbocycles. The second-order valence-electron chi connectivity index (χ2n) is 6.38. The van der Waals surface area contributed by atoms with Crippen LogP contribution in [0.1, 0.15) is 12.5 Å². The van der Waals surface area contributed by atoms with E-state index in [0.717, 1.165) is 23.6 Å². The van der Waals surface area contributed by atoms with Gasteiger partial charge in [0.2, 0.25) is 5.91 Å². The average Bonchev–Trinajstić information content (AvgIpc) is 2.76. The second kappa shape index (κ2) is 12.3. The van der Waals surface area contributed by atoms with Crippen molar-refractivity contribution in [3.8, 4) is 11.5 Å². The zero-order chi connectivity index (χ0) is 20.9. The normalized spacial score (nSPS) is 10.9. The van der Waals surface area contributed by atoms with Crippen molar-refractivity contribution in [2.24, 2.45) is 4.99 Å². The van der Waals surface area contributed by atoms with Gasteiger partial charge in [-0.15, -0.1) is 0 Å². The van der Waals surface area contributed by atoms with E-state index in [1.54, 1.807) is 7.11 Å². The molecule has 2 rings (SSSR count). The van der Waals surface area contributed by atoms with E-state index in [2.05, 4.69) is 15.6 Å². The SMILES string of the molecule is CCNC(=NCC(=O)NCc1ccc(OC)cc1)N(C)CCOc1ccccc1.